The van der Waals surface area contributed by atoms with E-state index in [0.717, 1.165) is 11.3 Å². The van der Waals surface area contributed by atoms with Crippen LogP contribution in [0.5, 0.6) is 0 Å². The molecule has 1 atom stereocenters. The fraction of sp³-hybridized carbons (Fsp3) is 0.556. The van der Waals surface area contributed by atoms with E-state index in [1.165, 1.54) is 12.3 Å². The second kappa shape index (κ2) is 5.79. The highest BCUT2D eigenvalue weighted by atomic mass is 35.5. The first-order valence-electron chi connectivity index (χ1n) is 4.87. The summed E-state index contributed by atoms with van der Waals surface area (Å²) >= 11 is 6.64. The van der Waals surface area contributed by atoms with Crippen molar-refractivity contribution in [2.24, 2.45) is 5.92 Å². The van der Waals surface area contributed by atoms with E-state index in [9.17, 15) is 13.2 Å². The van der Waals surface area contributed by atoms with Crippen molar-refractivity contribution in [3.05, 3.63) is 11.1 Å². The van der Waals surface area contributed by atoms with Gasteiger partial charge in [-0.05, 0) is 5.92 Å². The SMILES string of the molecule is CC(=O)c1csc(NS(=O)(=O)CC(C)CCl)n1. The fourth-order valence-corrected chi connectivity index (χ4v) is 3.74. The Morgan fingerprint density at radius 2 is 2.29 bits per heavy atom. The van der Waals surface area contributed by atoms with E-state index in [1.54, 1.807) is 6.92 Å². The molecular formula is C9H13ClN2O3S2. The number of rotatable bonds is 6. The summed E-state index contributed by atoms with van der Waals surface area (Å²) < 4.78 is 25.6. The van der Waals surface area contributed by atoms with Crippen LogP contribution in [0.2, 0.25) is 0 Å². The van der Waals surface area contributed by atoms with Gasteiger partial charge in [0.15, 0.2) is 10.9 Å². The van der Waals surface area contributed by atoms with Gasteiger partial charge in [0.2, 0.25) is 10.0 Å². The Kier molecular flexibility index (Phi) is 4.91. The predicted molar refractivity (Wildman–Crippen MR) is 69.4 cm³/mol. The topological polar surface area (TPSA) is 76.1 Å². The van der Waals surface area contributed by atoms with Crippen LogP contribution in [0.25, 0.3) is 0 Å². The van der Waals surface area contributed by atoms with Crippen LogP contribution in [-0.2, 0) is 10.0 Å². The molecule has 8 heteroatoms. The van der Waals surface area contributed by atoms with Crippen molar-refractivity contribution in [1.29, 1.82) is 0 Å². The third kappa shape index (κ3) is 4.61. The van der Waals surface area contributed by atoms with Crippen molar-refractivity contribution < 1.29 is 13.2 Å². The second-order valence-corrected chi connectivity index (χ2v) is 6.67. The molecule has 0 spiro atoms. The van der Waals surface area contributed by atoms with Crippen LogP contribution in [-0.4, -0.2) is 30.8 Å². The van der Waals surface area contributed by atoms with E-state index < -0.39 is 10.0 Å². The standard InChI is InChI=1S/C9H13ClN2O3S2/c1-6(3-10)5-17(14,15)12-9-11-8(4-16-9)7(2)13/h4,6H,3,5H2,1-2H3,(H,11,12). The molecule has 0 amide bonds. The second-order valence-electron chi connectivity index (χ2n) is 3.74. The number of carbonyl (C=O) groups is 1. The van der Waals surface area contributed by atoms with Crippen molar-refractivity contribution in [3.8, 4) is 0 Å². The molecule has 0 aliphatic heterocycles. The van der Waals surface area contributed by atoms with Gasteiger partial charge in [0.05, 0.1) is 5.75 Å². The molecule has 1 unspecified atom stereocenters. The molecule has 1 N–H and O–H groups in total. The number of Topliss-reactive ketones (excluding diaryl/α,β-unsaturated/α-hetero) is 1. The first kappa shape index (κ1) is 14.4. The molecule has 0 saturated heterocycles. The predicted octanol–water partition coefficient (Wildman–Crippen LogP) is 1.96. The van der Waals surface area contributed by atoms with E-state index in [4.69, 9.17) is 11.6 Å². The maximum atomic E-state index is 11.7. The summed E-state index contributed by atoms with van der Waals surface area (Å²) in [5.74, 6) is -0.120. The molecule has 0 aliphatic carbocycles. The number of alkyl halides is 1. The molecule has 0 aromatic carbocycles. The number of nitrogens with one attached hydrogen (secondary N) is 1. The molecule has 1 aromatic rings. The Bertz CT molecular complexity index is 498. The lowest BCUT2D eigenvalue weighted by Crippen LogP contribution is -2.22. The number of anilines is 1. The van der Waals surface area contributed by atoms with Gasteiger partial charge in [-0.25, -0.2) is 13.4 Å². The van der Waals surface area contributed by atoms with Crippen LogP contribution < -0.4 is 4.72 Å². The number of hydrogen-bond acceptors (Lipinski definition) is 5. The minimum Gasteiger partial charge on any atom is -0.293 e. The van der Waals surface area contributed by atoms with Crippen molar-refractivity contribution in [1.82, 2.24) is 4.98 Å². The van der Waals surface area contributed by atoms with Crippen LogP contribution in [0, 0.1) is 5.92 Å². The van der Waals surface area contributed by atoms with Crippen molar-refractivity contribution in [2.75, 3.05) is 16.4 Å². The lowest BCUT2D eigenvalue weighted by atomic mass is 10.3. The molecule has 0 radical (unpaired) electrons. The van der Waals surface area contributed by atoms with Crippen LogP contribution in [0.3, 0.4) is 0 Å². The number of carbonyl (C=O) groups excluding carboxylic acids is 1. The van der Waals surface area contributed by atoms with E-state index in [2.05, 4.69) is 9.71 Å². The lowest BCUT2D eigenvalue weighted by molar-refractivity contribution is 0.101. The first-order valence-corrected chi connectivity index (χ1v) is 7.93. The van der Waals surface area contributed by atoms with Crippen molar-refractivity contribution >= 4 is 43.9 Å². The van der Waals surface area contributed by atoms with Crippen LogP contribution >= 0.6 is 22.9 Å². The van der Waals surface area contributed by atoms with Crippen LogP contribution in [0.4, 0.5) is 5.13 Å². The van der Waals surface area contributed by atoms with Gasteiger partial charge in [0.25, 0.3) is 0 Å². The number of aromatic nitrogens is 1. The van der Waals surface area contributed by atoms with Crippen LogP contribution in [0.15, 0.2) is 5.38 Å². The van der Waals surface area contributed by atoms with Gasteiger partial charge in [-0.2, -0.15) is 0 Å². The third-order valence-electron chi connectivity index (χ3n) is 1.88. The molecule has 96 valence electrons. The largest absolute Gasteiger partial charge is 0.293 e. The van der Waals surface area contributed by atoms with Gasteiger partial charge in [-0.15, -0.1) is 22.9 Å². The molecule has 5 nitrogen and oxygen atoms in total. The number of thiazole rings is 1. The molecule has 0 saturated carbocycles. The highest BCUT2D eigenvalue weighted by molar-refractivity contribution is 7.92. The monoisotopic (exact) mass is 296 g/mol. The maximum absolute atomic E-state index is 11.7. The minimum absolute atomic E-state index is 0.0640. The summed E-state index contributed by atoms with van der Waals surface area (Å²) in [6.07, 6.45) is 0. The Balaban J connectivity index is 2.73. The Hall–Kier alpha value is -0.660. The van der Waals surface area contributed by atoms with Gasteiger partial charge in [-0.3, -0.25) is 9.52 Å². The normalized spacial score (nSPS) is 13.4. The Morgan fingerprint density at radius 3 is 2.76 bits per heavy atom. The summed E-state index contributed by atoms with van der Waals surface area (Å²) in [5, 5.41) is 1.72. The zero-order chi connectivity index (χ0) is 13.1. The molecule has 0 bridgehead atoms. The number of nitrogens with zero attached hydrogens (tertiary/aromatic N) is 1. The van der Waals surface area contributed by atoms with Crippen molar-refractivity contribution in [3.63, 3.8) is 0 Å². The minimum atomic E-state index is -3.46. The molecule has 1 rings (SSSR count). The van der Waals surface area contributed by atoms with Gasteiger partial charge in [0, 0.05) is 18.2 Å². The van der Waals surface area contributed by atoms with Gasteiger partial charge < -0.3 is 0 Å². The Labute approximate surface area is 109 Å². The summed E-state index contributed by atoms with van der Waals surface area (Å²) in [7, 11) is -3.46. The first-order chi connectivity index (χ1) is 7.84. The average molecular weight is 297 g/mol. The van der Waals surface area contributed by atoms with Gasteiger partial charge in [0.1, 0.15) is 5.69 Å². The third-order valence-corrected chi connectivity index (χ3v) is 4.80. The summed E-state index contributed by atoms with van der Waals surface area (Å²) in [6, 6.07) is 0. The molecule has 0 aliphatic rings. The number of hydrogen-bond donors (Lipinski definition) is 1. The van der Waals surface area contributed by atoms with Gasteiger partial charge >= 0.3 is 0 Å². The highest BCUT2D eigenvalue weighted by Gasteiger charge is 2.17. The van der Waals surface area contributed by atoms with E-state index in [0.29, 0.717) is 0 Å². The summed E-state index contributed by atoms with van der Waals surface area (Å²) in [4.78, 5) is 14.9. The number of sulfonamides is 1. The Morgan fingerprint density at radius 1 is 1.65 bits per heavy atom. The fourth-order valence-electron chi connectivity index (χ4n) is 1.08. The zero-order valence-electron chi connectivity index (χ0n) is 9.44. The quantitative estimate of drug-likeness (QED) is 0.643. The number of ketones is 1. The summed E-state index contributed by atoms with van der Waals surface area (Å²) in [6.45, 7) is 3.12. The lowest BCUT2D eigenvalue weighted by Gasteiger charge is -2.08. The molecule has 1 heterocycles. The smallest absolute Gasteiger partial charge is 0.234 e. The molecule has 17 heavy (non-hydrogen) atoms. The average Bonchev–Trinajstić information content (AvgIpc) is 2.64. The van der Waals surface area contributed by atoms with E-state index in [1.807, 2.05) is 0 Å². The molecular weight excluding hydrogens is 284 g/mol. The van der Waals surface area contributed by atoms with E-state index >= 15 is 0 Å². The van der Waals surface area contributed by atoms with E-state index in [-0.39, 0.29) is 34.2 Å². The van der Waals surface area contributed by atoms with Crippen LogP contribution in [0.1, 0.15) is 24.3 Å². The zero-order valence-corrected chi connectivity index (χ0v) is 11.8. The van der Waals surface area contributed by atoms with Crippen molar-refractivity contribution in [2.45, 2.75) is 13.8 Å². The molecule has 0 fully saturated rings. The molecule has 1 aromatic heterocycles. The number of halogens is 1. The highest BCUT2D eigenvalue weighted by Crippen LogP contribution is 2.18. The maximum Gasteiger partial charge on any atom is 0.234 e. The summed E-state index contributed by atoms with van der Waals surface area (Å²) in [5.41, 5.74) is 0.262. The van der Waals surface area contributed by atoms with Gasteiger partial charge in [-0.1, -0.05) is 6.92 Å².